The lowest BCUT2D eigenvalue weighted by atomic mass is 9.68. The van der Waals surface area contributed by atoms with Gasteiger partial charge < -0.3 is 23.7 Å². The molecule has 0 spiro atoms. The summed E-state index contributed by atoms with van der Waals surface area (Å²) in [6, 6.07) is 0. The lowest BCUT2D eigenvalue weighted by Gasteiger charge is -2.52. The van der Waals surface area contributed by atoms with Gasteiger partial charge in [0.05, 0.1) is 17.6 Å². The second-order valence-corrected chi connectivity index (χ2v) is 17.0. The van der Waals surface area contributed by atoms with Crippen LogP contribution in [0.2, 0.25) is 0 Å². The molecule has 2 aliphatic rings. The van der Waals surface area contributed by atoms with Crippen LogP contribution in [0.3, 0.4) is 0 Å². The number of allylic oxidation sites excluding steroid dienone is 3. The SMILES string of the molecule is C=CC[C@@H]1C/C(=C\C)[C@H](OC(=O)CCCCCCC)[C@](C)(C(C)(C)/C=C/C=O)O1.C=CC[C@@H]1C/C(=C\C)[C@H](OC(=O)CCCCCCC)[C@](C)(C(C)(C)C=O)O1. The maximum absolute atomic E-state index is 12.6. The van der Waals surface area contributed by atoms with Crippen molar-refractivity contribution in [3.05, 3.63) is 60.8 Å². The van der Waals surface area contributed by atoms with Crippen molar-refractivity contribution in [1.29, 1.82) is 0 Å². The molecule has 2 heterocycles. The summed E-state index contributed by atoms with van der Waals surface area (Å²) in [5.74, 6) is -0.396. The highest BCUT2D eigenvalue weighted by molar-refractivity contribution is 5.71. The van der Waals surface area contributed by atoms with Crippen LogP contribution < -0.4 is 0 Å². The van der Waals surface area contributed by atoms with Crippen molar-refractivity contribution >= 4 is 24.5 Å². The van der Waals surface area contributed by atoms with Gasteiger partial charge in [-0.05, 0) is 83.4 Å². The normalized spacial score (nSPS) is 27.0. The molecular formula is C48H78O8. The number of carbonyl (C=O) groups is 4. The van der Waals surface area contributed by atoms with Crippen LogP contribution in [0.1, 0.15) is 172 Å². The van der Waals surface area contributed by atoms with Gasteiger partial charge in [-0.25, -0.2) is 0 Å². The second kappa shape index (κ2) is 25.3. The van der Waals surface area contributed by atoms with Crippen molar-refractivity contribution in [2.24, 2.45) is 10.8 Å². The molecule has 0 saturated carbocycles. The quantitative estimate of drug-likeness (QED) is 0.0332. The summed E-state index contributed by atoms with van der Waals surface area (Å²) in [6.07, 6.45) is 26.1. The van der Waals surface area contributed by atoms with E-state index in [4.69, 9.17) is 18.9 Å². The Morgan fingerprint density at radius 3 is 1.43 bits per heavy atom. The first-order valence-electron chi connectivity index (χ1n) is 21.4. The molecule has 2 aliphatic heterocycles. The molecule has 0 N–H and O–H groups in total. The molecule has 0 aromatic heterocycles. The van der Waals surface area contributed by atoms with E-state index in [9.17, 15) is 19.2 Å². The average Bonchev–Trinajstić information content (AvgIpc) is 3.16. The van der Waals surface area contributed by atoms with Gasteiger partial charge in [-0.3, -0.25) is 14.4 Å². The van der Waals surface area contributed by atoms with Crippen LogP contribution >= 0.6 is 0 Å². The van der Waals surface area contributed by atoms with Crippen LogP contribution in [0.4, 0.5) is 0 Å². The Balaban J connectivity index is 0.000000561. The first-order chi connectivity index (χ1) is 26.5. The smallest absolute Gasteiger partial charge is 0.306 e. The molecule has 0 aromatic carbocycles. The topological polar surface area (TPSA) is 105 Å². The van der Waals surface area contributed by atoms with Gasteiger partial charge in [0.1, 0.15) is 23.8 Å². The number of unbranched alkanes of at least 4 members (excludes halogenated alkanes) is 8. The van der Waals surface area contributed by atoms with E-state index >= 15 is 0 Å². The molecule has 0 aliphatic carbocycles. The lowest BCUT2D eigenvalue weighted by molar-refractivity contribution is -0.217. The van der Waals surface area contributed by atoms with Crippen molar-refractivity contribution in [2.45, 2.75) is 208 Å². The Hall–Kier alpha value is -3.10. The summed E-state index contributed by atoms with van der Waals surface area (Å²) in [5.41, 5.74) is -0.942. The zero-order chi connectivity index (χ0) is 42.4. The fraction of sp³-hybridized carbons (Fsp3) is 0.708. The van der Waals surface area contributed by atoms with E-state index < -0.39 is 34.2 Å². The summed E-state index contributed by atoms with van der Waals surface area (Å²) < 4.78 is 24.8. The predicted octanol–water partition coefficient (Wildman–Crippen LogP) is 11.7. The number of carbonyl (C=O) groups excluding carboxylic acids is 4. The molecule has 0 amide bonds. The molecule has 8 heteroatoms. The van der Waals surface area contributed by atoms with Crippen molar-refractivity contribution in [2.75, 3.05) is 0 Å². The van der Waals surface area contributed by atoms with Crippen LogP contribution in [0.25, 0.3) is 0 Å². The summed E-state index contributed by atoms with van der Waals surface area (Å²) in [6.45, 7) is 27.5. The highest BCUT2D eigenvalue weighted by Gasteiger charge is 2.56. The largest absolute Gasteiger partial charge is 0.455 e. The van der Waals surface area contributed by atoms with E-state index in [2.05, 4.69) is 27.0 Å². The van der Waals surface area contributed by atoms with Crippen LogP contribution in [0.15, 0.2) is 60.8 Å². The lowest BCUT2D eigenvalue weighted by Crippen LogP contribution is -2.60. The minimum Gasteiger partial charge on any atom is -0.455 e. The predicted molar refractivity (Wildman–Crippen MR) is 228 cm³/mol. The van der Waals surface area contributed by atoms with E-state index in [1.165, 1.54) is 31.8 Å². The molecular weight excluding hydrogens is 705 g/mol. The van der Waals surface area contributed by atoms with Gasteiger partial charge in [0.25, 0.3) is 0 Å². The first-order valence-corrected chi connectivity index (χ1v) is 21.4. The Kier molecular flexibility index (Phi) is 23.0. The number of ether oxygens (including phenoxy) is 4. The molecule has 0 bridgehead atoms. The fourth-order valence-electron chi connectivity index (χ4n) is 7.56. The summed E-state index contributed by atoms with van der Waals surface area (Å²) in [7, 11) is 0. The Labute approximate surface area is 341 Å². The van der Waals surface area contributed by atoms with Gasteiger partial charge in [0, 0.05) is 18.3 Å². The van der Waals surface area contributed by atoms with Crippen molar-refractivity contribution in [3.8, 4) is 0 Å². The second-order valence-electron chi connectivity index (χ2n) is 17.0. The first kappa shape index (κ1) is 50.9. The number of hydrogen-bond donors (Lipinski definition) is 0. The van der Waals surface area contributed by atoms with E-state index in [-0.39, 0.29) is 24.1 Å². The maximum atomic E-state index is 12.6. The zero-order valence-electron chi connectivity index (χ0n) is 36.9. The third-order valence-electron chi connectivity index (χ3n) is 11.9. The molecule has 0 aromatic rings. The van der Waals surface area contributed by atoms with Crippen LogP contribution in [0, 0.1) is 10.8 Å². The van der Waals surface area contributed by atoms with Gasteiger partial charge in [-0.15, -0.1) is 13.2 Å². The minimum atomic E-state index is -0.916. The fourth-order valence-corrected chi connectivity index (χ4v) is 7.56. The van der Waals surface area contributed by atoms with Gasteiger partial charge in [0.2, 0.25) is 0 Å². The molecule has 2 saturated heterocycles. The number of hydrogen-bond acceptors (Lipinski definition) is 8. The average molecular weight is 783 g/mol. The van der Waals surface area contributed by atoms with Gasteiger partial charge in [-0.1, -0.05) is 123 Å². The summed E-state index contributed by atoms with van der Waals surface area (Å²) >= 11 is 0. The molecule has 2 fully saturated rings. The van der Waals surface area contributed by atoms with Crippen LogP contribution in [-0.4, -0.2) is 60.1 Å². The standard InChI is InChI=1S/C25H40O4.C23H38O4/c1-7-10-11-12-13-16-22(27)28-23-20(9-3)19-21(15-8-2)29-25(23,6)24(4,5)17-14-18-26;1-7-10-11-12-13-15-20(25)26-21-18(9-3)16-19(14-8-2)27-23(21,6)22(4,5)17-24/h8-9,14,17-18,21,23H,2,7,10-13,15-16,19H2,1,3-6H3;8-9,17,19,21H,2,7,10-16H2,1,3-6H3/b17-14+,20-9+;18-9+/t21-,23+,25-;19-,21+,23-/m11/s1. The van der Waals surface area contributed by atoms with E-state index in [1.807, 2.05) is 85.8 Å². The third-order valence-corrected chi connectivity index (χ3v) is 11.9. The minimum absolute atomic E-state index is 0.0309. The highest BCUT2D eigenvalue weighted by Crippen LogP contribution is 2.48. The molecule has 318 valence electrons. The molecule has 0 unspecified atom stereocenters. The van der Waals surface area contributed by atoms with E-state index in [0.29, 0.717) is 32.1 Å². The molecule has 0 radical (unpaired) electrons. The van der Waals surface area contributed by atoms with Crippen molar-refractivity contribution in [1.82, 2.24) is 0 Å². The number of rotatable bonds is 23. The summed E-state index contributed by atoms with van der Waals surface area (Å²) in [5, 5.41) is 0. The van der Waals surface area contributed by atoms with E-state index in [1.54, 1.807) is 0 Å². The third kappa shape index (κ3) is 14.7. The zero-order valence-corrected chi connectivity index (χ0v) is 36.9. The van der Waals surface area contributed by atoms with Crippen LogP contribution in [-0.2, 0) is 38.1 Å². The van der Waals surface area contributed by atoms with Crippen LogP contribution in [0.5, 0.6) is 0 Å². The monoisotopic (exact) mass is 783 g/mol. The van der Waals surface area contributed by atoms with E-state index in [0.717, 1.165) is 68.7 Å². The maximum Gasteiger partial charge on any atom is 0.306 e. The summed E-state index contributed by atoms with van der Waals surface area (Å²) in [4.78, 5) is 47.9. The molecule has 56 heavy (non-hydrogen) atoms. The Morgan fingerprint density at radius 2 is 1.09 bits per heavy atom. The van der Waals surface area contributed by atoms with Gasteiger partial charge in [0.15, 0.2) is 12.2 Å². The molecule has 2 rings (SSSR count). The van der Waals surface area contributed by atoms with Crippen molar-refractivity contribution in [3.63, 3.8) is 0 Å². The van der Waals surface area contributed by atoms with Gasteiger partial charge in [-0.2, -0.15) is 0 Å². The van der Waals surface area contributed by atoms with Gasteiger partial charge >= 0.3 is 11.9 Å². The van der Waals surface area contributed by atoms with Crippen molar-refractivity contribution < 1.29 is 38.1 Å². The number of esters is 2. The Morgan fingerprint density at radius 1 is 0.696 bits per heavy atom. The Bertz CT molecular complexity index is 1340. The highest BCUT2D eigenvalue weighted by atomic mass is 16.6. The molecule has 8 nitrogen and oxygen atoms in total. The number of aldehydes is 2. The molecule has 6 atom stereocenters.